The first kappa shape index (κ1) is 50.7. The third-order valence-corrected chi connectivity index (χ3v) is 11.3. The molecule has 320 valence electrons. The smallest absolute Gasteiger partial charge is 0.352 e. The molecule has 0 amide bonds. The Labute approximate surface area is 328 Å². The standard InChI is InChI=1S/C43H82O11/c1-4-6-8-10-12-14-16-18-20-22-24-26-28-30-32-34-38(45)52-54-53-41(48)36(43(50)40(47)39(46)37(35-44)51-42(43,3)49)33-31-29-27-25-23-21-19-17-15-13-11-9-7-5-2/h36-37,39-40,44,46-47,49-50H,4-35H2,1-3H3/t36?,37-,39-,40+,42?,43-/m1/s1. The molecular weight excluding hydrogens is 692 g/mol. The van der Waals surface area contributed by atoms with Gasteiger partial charge in [-0.05, 0) is 19.8 Å². The van der Waals surface area contributed by atoms with Gasteiger partial charge < -0.3 is 30.3 Å². The summed E-state index contributed by atoms with van der Waals surface area (Å²) < 4.78 is 5.35. The normalized spacial score (nSPS) is 23.4. The summed E-state index contributed by atoms with van der Waals surface area (Å²) in [6.45, 7) is 4.79. The van der Waals surface area contributed by atoms with Gasteiger partial charge in [0.15, 0.2) is 11.4 Å². The second-order valence-corrected chi connectivity index (χ2v) is 16.1. The third kappa shape index (κ3) is 20.7. The molecule has 0 spiro atoms. The van der Waals surface area contributed by atoms with E-state index >= 15 is 0 Å². The highest BCUT2D eigenvalue weighted by Gasteiger charge is 2.66. The molecule has 6 atom stereocenters. The van der Waals surface area contributed by atoms with E-state index in [1.165, 1.54) is 128 Å². The Balaban J connectivity index is 2.43. The van der Waals surface area contributed by atoms with E-state index in [2.05, 4.69) is 23.8 Å². The molecule has 0 aliphatic carbocycles. The molecule has 11 heteroatoms. The maximum atomic E-state index is 13.3. The van der Waals surface area contributed by atoms with Crippen molar-refractivity contribution in [2.75, 3.05) is 6.61 Å². The first-order valence-corrected chi connectivity index (χ1v) is 22.2. The molecular formula is C43H82O11. The highest BCUT2D eigenvalue weighted by Crippen LogP contribution is 2.44. The van der Waals surface area contributed by atoms with Crippen LogP contribution in [0.15, 0.2) is 0 Å². The maximum Gasteiger partial charge on any atom is 0.352 e. The topological polar surface area (TPSA) is 172 Å². The van der Waals surface area contributed by atoms with Crippen LogP contribution in [0.2, 0.25) is 0 Å². The quantitative estimate of drug-likeness (QED) is 0.0233. The van der Waals surface area contributed by atoms with Gasteiger partial charge in [-0.15, -0.1) is 0 Å². The number of unbranched alkanes of at least 4 members (excludes halogenated alkanes) is 27. The van der Waals surface area contributed by atoms with Gasteiger partial charge in [0.05, 0.1) is 12.5 Å². The average molecular weight is 775 g/mol. The van der Waals surface area contributed by atoms with Crippen LogP contribution in [0, 0.1) is 5.92 Å². The Morgan fingerprint density at radius 2 is 0.963 bits per heavy atom. The summed E-state index contributed by atoms with van der Waals surface area (Å²) in [5.74, 6) is -6.09. The SMILES string of the molecule is CCCCCCCCCCCCCCCCCC(=O)OOOC(=O)C(CCCCCCCCCCCCCCCC)[C@@]1(O)[C@@H](O)[C@H](O)[C@@H](CO)OC1(C)O. The van der Waals surface area contributed by atoms with Crippen molar-refractivity contribution in [3.8, 4) is 0 Å². The minimum Gasteiger partial charge on any atom is -0.394 e. The number of aliphatic hydroxyl groups is 5. The van der Waals surface area contributed by atoms with Crippen molar-refractivity contribution < 1.29 is 54.7 Å². The molecule has 1 aliphatic rings. The van der Waals surface area contributed by atoms with Gasteiger partial charge in [-0.1, -0.05) is 194 Å². The third-order valence-electron chi connectivity index (χ3n) is 11.3. The molecule has 1 saturated heterocycles. The van der Waals surface area contributed by atoms with Crippen molar-refractivity contribution in [1.82, 2.24) is 0 Å². The minimum absolute atomic E-state index is 0.0448. The number of rotatable bonds is 36. The summed E-state index contributed by atoms with van der Waals surface area (Å²) in [6.07, 6.45) is 28.5. The lowest BCUT2D eigenvalue weighted by Crippen LogP contribution is -2.75. The van der Waals surface area contributed by atoms with Crippen molar-refractivity contribution in [2.45, 2.75) is 250 Å². The summed E-state index contributed by atoms with van der Waals surface area (Å²) in [7, 11) is 0. The highest BCUT2D eigenvalue weighted by molar-refractivity contribution is 5.74. The van der Waals surface area contributed by atoms with Crippen LogP contribution in [0.5, 0.6) is 0 Å². The predicted octanol–water partition coefficient (Wildman–Crippen LogP) is 9.22. The van der Waals surface area contributed by atoms with E-state index in [4.69, 9.17) is 9.62 Å². The molecule has 11 nitrogen and oxygen atoms in total. The van der Waals surface area contributed by atoms with E-state index < -0.39 is 54.2 Å². The number of carbonyl (C=O) groups excluding carboxylic acids is 2. The number of hydrogen-bond acceptors (Lipinski definition) is 11. The highest BCUT2D eigenvalue weighted by atomic mass is 17.5. The van der Waals surface area contributed by atoms with Crippen molar-refractivity contribution in [3.63, 3.8) is 0 Å². The Morgan fingerprint density at radius 1 is 0.593 bits per heavy atom. The molecule has 1 aliphatic heterocycles. The maximum absolute atomic E-state index is 13.3. The molecule has 5 N–H and O–H groups in total. The number of ether oxygens (including phenoxy) is 1. The summed E-state index contributed by atoms with van der Waals surface area (Å²) in [4.78, 5) is 35.0. The lowest BCUT2D eigenvalue weighted by Gasteiger charge is -2.53. The van der Waals surface area contributed by atoms with Crippen LogP contribution in [0.3, 0.4) is 0 Å². The molecule has 0 aromatic heterocycles. The molecule has 0 radical (unpaired) electrons. The van der Waals surface area contributed by atoms with Crippen LogP contribution < -0.4 is 0 Å². The van der Waals surface area contributed by atoms with E-state index in [1.54, 1.807) is 0 Å². The Kier molecular flexibility index (Phi) is 29.8. The van der Waals surface area contributed by atoms with Crippen molar-refractivity contribution in [3.05, 3.63) is 0 Å². The molecule has 54 heavy (non-hydrogen) atoms. The van der Waals surface area contributed by atoms with Crippen molar-refractivity contribution in [1.29, 1.82) is 0 Å². The molecule has 1 fully saturated rings. The fraction of sp³-hybridized carbons (Fsp3) is 0.953. The fourth-order valence-electron chi connectivity index (χ4n) is 7.76. The second kappa shape index (κ2) is 31.7. The largest absolute Gasteiger partial charge is 0.394 e. The lowest BCUT2D eigenvalue weighted by atomic mass is 9.70. The first-order chi connectivity index (χ1) is 26.1. The van der Waals surface area contributed by atoms with E-state index in [0.717, 1.165) is 45.4 Å². The van der Waals surface area contributed by atoms with Crippen LogP contribution in [0.4, 0.5) is 0 Å². The molecule has 0 bridgehead atoms. The summed E-state index contributed by atoms with van der Waals surface area (Å²) in [5.41, 5.74) is -2.73. The van der Waals surface area contributed by atoms with E-state index in [9.17, 15) is 35.1 Å². The first-order valence-electron chi connectivity index (χ1n) is 22.2. The molecule has 0 saturated carbocycles. The monoisotopic (exact) mass is 775 g/mol. The van der Waals surface area contributed by atoms with Gasteiger partial charge in [0.2, 0.25) is 0 Å². The summed E-state index contributed by atoms with van der Waals surface area (Å²) >= 11 is 0. The second-order valence-electron chi connectivity index (χ2n) is 16.1. The van der Waals surface area contributed by atoms with Crippen LogP contribution in [0.1, 0.15) is 220 Å². The number of aliphatic hydroxyl groups excluding tert-OH is 3. The minimum atomic E-state index is -2.73. The van der Waals surface area contributed by atoms with Crippen LogP contribution in [-0.2, 0) is 29.1 Å². The molecule has 0 aromatic carbocycles. The molecule has 0 aromatic rings. The van der Waals surface area contributed by atoms with Gasteiger partial charge >= 0.3 is 11.9 Å². The Hall–Kier alpha value is -1.34. The zero-order chi connectivity index (χ0) is 39.9. The lowest BCUT2D eigenvalue weighted by molar-refractivity contribution is -0.464. The fourth-order valence-corrected chi connectivity index (χ4v) is 7.76. The zero-order valence-electron chi connectivity index (χ0n) is 34.6. The van der Waals surface area contributed by atoms with Crippen molar-refractivity contribution >= 4 is 11.9 Å². The van der Waals surface area contributed by atoms with Gasteiger partial charge in [-0.25, -0.2) is 9.59 Å². The van der Waals surface area contributed by atoms with E-state index in [-0.39, 0.29) is 12.8 Å². The van der Waals surface area contributed by atoms with Gasteiger partial charge in [-0.3, -0.25) is 9.78 Å². The molecule has 1 heterocycles. The number of hydrogen-bond donors (Lipinski definition) is 5. The summed E-state index contributed by atoms with van der Waals surface area (Å²) in [5, 5.41) is 58.4. The van der Waals surface area contributed by atoms with E-state index in [1.807, 2.05) is 0 Å². The molecule has 2 unspecified atom stereocenters. The average Bonchev–Trinajstić information content (AvgIpc) is 3.15. The van der Waals surface area contributed by atoms with Crippen LogP contribution in [-0.4, -0.2) is 73.8 Å². The van der Waals surface area contributed by atoms with Gasteiger partial charge in [0.1, 0.15) is 18.3 Å². The van der Waals surface area contributed by atoms with Crippen molar-refractivity contribution in [2.24, 2.45) is 5.92 Å². The van der Waals surface area contributed by atoms with Gasteiger partial charge in [-0.2, -0.15) is 0 Å². The van der Waals surface area contributed by atoms with Gasteiger partial charge in [0, 0.05) is 11.5 Å². The Morgan fingerprint density at radius 3 is 1.35 bits per heavy atom. The Bertz CT molecular complexity index is 916. The van der Waals surface area contributed by atoms with Crippen LogP contribution in [0.25, 0.3) is 0 Å². The zero-order valence-corrected chi connectivity index (χ0v) is 34.6. The number of carbonyl (C=O) groups is 2. The summed E-state index contributed by atoms with van der Waals surface area (Å²) in [6, 6.07) is 0. The molecule has 1 rings (SSSR count). The predicted molar refractivity (Wildman–Crippen MR) is 211 cm³/mol. The van der Waals surface area contributed by atoms with E-state index in [0.29, 0.717) is 19.3 Å². The van der Waals surface area contributed by atoms with Crippen LogP contribution >= 0.6 is 0 Å². The van der Waals surface area contributed by atoms with Gasteiger partial charge in [0.25, 0.3) is 0 Å².